The smallest absolute Gasteiger partial charge is 0.273 e. The van der Waals surface area contributed by atoms with Crippen LogP contribution in [-0.2, 0) is 6.42 Å². The molecule has 0 unspecified atom stereocenters. The molecule has 0 saturated carbocycles. The third-order valence-corrected chi connectivity index (χ3v) is 4.54. The molecule has 1 aromatic carbocycles. The molecule has 0 spiro atoms. The first-order valence-corrected chi connectivity index (χ1v) is 8.71. The van der Waals surface area contributed by atoms with Gasteiger partial charge in [-0.2, -0.15) is 0 Å². The van der Waals surface area contributed by atoms with Crippen LogP contribution in [0.1, 0.15) is 40.5 Å². The average molecular weight is 380 g/mol. The molecule has 0 atom stereocenters. The predicted octanol–water partition coefficient (Wildman–Crippen LogP) is 1.91. The predicted molar refractivity (Wildman–Crippen MR) is 102 cm³/mol. The highest BCUT2D eigenvalue weighted by Gasteiger charge is 2.18. The summed E-state index contributed by atoms with van der Waals surface area (Å²) in [5, 5.41) is 14.4. The zero-order valence-corrected chi connectivity index (χ0v) is 16.0. The van der Waals surface area contributed by atoms with Gasteiger partial charge in [0.2, 0.25) is 0 Å². The van der Waals surface area contributed by atoms with Gasteiger partial charge in [-0.3, -0.25) is 4.79 Å². The topological polar surface area (TPSA) is 81.1 Å². The van der Waals surface area contributed by atoms with Gasteiger partial charge in [0.1, 0.15) is 5.75 Å². The van der Waals surface area contributed by atoms with Crippen LogP contribution >= 0.6 is 12.4 Å². The number of aryl methyl sites for hydroxylation is 1. The van der Waals surface area contributed by atoms with Crippen LogP contribution in [0.15, 0.2) is 24.4 Å². The molecule has 1 fully saturated rings. The Kier molecular flexibility index (Phi) is 7.41. The van der Waals surface area contributed by atoms with E-state index >= 15 is 0 Å². The summed E-state index contributed by atoms with van der Waals surface area (Å²) >= 11 is 0. The minimum absolute atomic E-state index is 0. The first-order valence-electron chi connectivity index (χ1n) is 8.71. The number of piperidine rings is 1. The summed E-state index contributed by atoms with van der Waals surface area (Å²) in [4.78, 5) is 12.3. The van der Waals surface area contributed by atoms with E-state index in [1.54, 1.807) is 13.3 Å². The lowest BCUT2D eigenvalue weighted by atomic mass is 10.1. The Morgan fingerprint density at radius 2 is 2.15 bits per heavy atom. The summed E-state index contributed by atoms with van der Waals surface area (Å²) in [7, 11) is 1.66. The molecule has 1 aliphatic rings. The quantitative estimate of drug-likeness (QED) is 0.801. The number of nitrogens with one attached hydrogen (secondary N) is 2. The highest BCUT2D eigenvalue weighted by Crippen LogP contribution is 2.20. The maximum atomic E-state index is 12.3. The zero-order valence-electron chi connectivity index (χ0n) is 15.2. The van der Waals surface area contributed by atoms with Gasteiger partial charge >= 0.3 is 0 Å². The lowest BCUT2D eigenvalue weighted by Crippen LogP contribution is -2.29. The molecule has 0 bridgehead atoms. The van der Waals surface area contributed by atoms with Crippen molar-refractivity contribution in [3.05, 3.63) is 41.2 Å². The zero-order chi connectivity index (χ0) is 17.6. The monoisotopic (exact) mass is 379 g/mol. The van der Waals surface area contributed by atoms with Gasteiger partial charge < -0.3 is 15.4 Å². The molecule has 1 saturated heterocycles. The number of nitrogens with zero attached hydrogens (tertiary/aromatic N) is 3. The molecule has 0 radical (unpaired) electrons. The van der Waals surface area contributed by atoms with E-state index in [1.165, 1.54) is 5.56 Å². The number of halogens is 1. The number of hydrogen-bond acceptors (Lipinski definition) is 5. The van der Waals surface area contributed by atoms with Crippen LogP contribution in [0.3, 0.4) is 0 Å². The normalized spacial score (nSPS) is 14.5. The number of aromatic nitrogens is 3. The van der Waals surface area contributed by atoms with Crippen LogP contribution in [0, 0.1) is 6.92 Å². The van der Waals surface area contributed by atoms with E-state index in [2.05, 4.69) is 27.0 Å². The van der Waals surface area contributed by atoms with Crippen molar-refractivity contribution < 1.29 is 9.53 Å². The lowest BCUT2D eigenvalue weighted by molar-refractivity contribution is 0.0949. The van der Waals surface area contributed by atoms with Crippen molar-refractivity contribution in [3.8, 4) is 5.75 Å². The van der Waals surface area contributed by atoms with E-state index in [4.69, 9.17) is 4.74 Å². The van der Waals surface area contributed by atoms with Gasteiger partial charge in [-0.1, -0.05) is 22.9 Å². The summed E-state index contributed by atoms with van der Waals surface area (Å²) in [5.74, 6) is 0.656. The molecule has 142 valence electrons. The number of carbonyl (C=O) groups excluding carboxylic acids is 1. The molecule has 3 rings (SSSR count). The van der Waals surface area contributed by atoms with Gasteiger partial charge in [0.15, 0.2) is 5.69 Å². The second kappa shape index (κ2) is 9.54. The first kappa shape index (κ1) is 20.2. The number of benzene rings is 1. The number of ether oxygens (including phenoxy) is 1. The summed E-state index contributed by atoms with van der Waals surface area (Å²) < 4.78 is 7.19. The maximum absolute atomic E-state index is 12.3. The fourth-order valence-corrected chi connectivity index (χ4v) is 3.13. The van der Waals surface area contributed by atoms with Crippen LogP contribution in [0.4, 0.5) is 0 Å². The minimum atomic E-state index is -0.188. The first-order chi connectivity index (χ1) is 12.2. The second-order valence-corrected chi connectivity index (χ2v) is 6.39. The van der Waals surface area contributed by atoms with Crippen molar-refractivity contribution in [1.29, 1.82) is 0 Å². The highest BCUT2D eigenvalue weighted by molar-refractivity contribution is 5.91. The third-order valence-electron chi connectivity index (χ3n) is 4.54. The molecule has 0 aliphatic carbocycles. The van der Waals surface area contributed by atoms with E-state index in [0.717, 1.165) is 37.2 Å². The molecular formula is C18H26ClN5O2. The van der Waals surface area contributed by atoms with Crippen LogP contribution in [0.2, 0.25) is 0 Å². The Morgan fingerprint density at radius 3 is 2.88 bits per heavy atom. The molecule has 1 amide bonds. The Labute approximate surface area is 159 Å². The van der Waals surface area contributed by atoms with Crippen molar-refractivity contribution in [3.63, 3.8) is 0 Å². The van der Waals surface area contributed by atoms with E-state index < -0.39 is 0 Å². The van der Waals surface area contributed by atoms with E-state index in [1.807, 2.05) is 23.7 Å². The van der Waals surface area contributed by atoms with Gasteiger partial charge in [0.05, 0.1) is 19.3 Å². The highest BCUT2D eigenvalue weighted by atomic mass is 35.5. The molecule has 26 heavy (non-hydrogen) atoms. The van der Waals surface area contributed by atoms with Crippen LogP contribution in [0.5, 0.6) is 5.75 Å². The molecule has 1 aromatic heterocycles. The van der Waals surface area contributed by atoms with Crippen LogP contribution in [0.25, 0.3) is 0 Å². The van der Waals surface area contributed by atoms with E-state index in [-0.39, 0.29) is 18.3 Å². The lowest BCUT2D eigenvalue weighted by Gasteiger charge is -2.22. The van der Waals surface area contributed by atoms with Crippen molar-refractivity contribution in [2.45, 2.75) is 32.2 Å². The summed E-state index contributed by atoms with van der Waals surface area (Å²) in [6.07, 6.45) is 4.48. The van der Waals surface area contributed by atoms with Gasteiger partial charge in [-0.15, -0.1) is 17.5 Å². The SMILES string of the molecule is COc1ccc(C)cc1CCNC(=O)c1cn(C2CCNCC2)nn1.Cl. The van der Waals surface area contributed by atoms with Crippen molar-refractivity contribution in [2.75, 3.05) is 26.7 Å². The fraction of sp³-hybridized carbons (Fsp3) is 0.500. The average Bonchev–Trinajstić information content (AvgIpc) is 3.13. The molecule has 8 heteroatoms. The molecular weight excluding hydrogens is 354 g/mol. The van der Waals surface area contributed by atoms with Crippen LogP contribution in [-0.4, -0.2) is 47.6 Å². The number of amides is 1. The number of rotatable bonds is 6. The van der Waals surface area contributed by atoms with Crippen LogP contribution < -0.4 is 15.4 Å². The number of carbonyl (C=O) groups is 1. The standard InChI is InChI=1S/C18H25N5O2.ClH/c1-13-3-4-17(25-2)14(11-13)5-10-20-18(24)16-12-23(22-21-16)15-6-8-19-9-7-15;/h3-4,11-12,15,19H,5-10H2,1-2H3,(H,20,24);1H. The van der Waals surface area contributed by atoms with Gasteiger partial charge in [-0.25, -0.2) is 4.68 Å². The van der Waals surface area contributed by atoms with E-state index in [0.29, 0.717) is 24.7 Å². The third kappa shape index (κ3) is 4.95. The second-order valence-electron chi connectivity index (χ2n) is 6.39. The molecule has 2 N–H and O–H groups in total. The largest absolute Gasteiger partial charge is 0.496 e. The summed E-state index contributed by atoms with van der Waals surface area (Å²) in [6, 6.07) is 6.38. The molecule has 7 nitrogen and oxygen atoms in total. The van der Waals surface area contributed by atoms with Gasteiger partial charge in [0, 0.05) is 6.54 Å². The number of methoxy groups -OCH3 is 1. The Bertz CT molecular complexity index is 728. The summed E-state index contributed by atoms with van der Waals surface area (Å²) in [6.45, 7) is 4.52. The molecule has 2 aromatic rings. The maximum Gasteiger partial charge on any atom is 0.273 e. The molecule has 1 aliphatic heterocycles. The van der Waals surface area contributed by atoms with Crippen molar-refractivity contribution in [1.82, 2.24) is 25.6 Å². The Morgan fingerprint density at radius 1 is 1.38 bits per heavy atom. The molecule has 2 heterocycles. The van der Waals surface area contributed by atoms with Crippen molar-refractivity contribution >= 4 is 18.3 Å². The summed E-state index contributed by atoms with van der Waals surface area (Å²) in [5.41, 5.74) is 2.63. The Hall–Kier alpha value is -2.12. The van der Waals surface area contributed by atoms with E-state index in [9.17, 15) is 4.79 Å². The fourth-order valence-electron chi connectivity index (χ4n) is 3.13. The van der Waals surface area contributed by atoms with Gasteiger partial charge in [-0.05, 0) is 50.9 Å². The Balaban J connectivity index is 0.00000243. The number of hydrogen-bond donors (Lipinski definition) is 2. The minimum Gasteiger partial charge on any atom is -0.496 e. The van der Waals surface area contributed by atoms with Gasteiger partial charge in [0.25, 0.3) is 5.91 Å². The van der Waals surface area contributed by atoms with Crippen molar-refractivity contribution in [2.24, 2.45) is 0 Å².